The second kappa shape index (κ2) is 7.81. The van der Waals surface area contributed by atoms with Crippen LogP contribution in [0.5, 0.6) is 0 Å². The fourth-order valence-corrected chi connectivity index (χ4v) is 2.41. The summed E-state index contributed by atoms with van der Waals surface area (Å²) in [6.45, 7) is 4.61. The van der Waals surface area contributed by atoms with Crippen molar-refractivity contribution in [2.45, 2.75) is 26.9 Å². The van der Waals surface area contributed by atoms with Crippen molar-refractivity contribution >= 4 is 23.5 Å². The van der Waals surface area contributed by atoms with Crippen LogP contribution in [0.2, 0.25) is 0 Å². The van der Waals surface area contributed by atoms with Crippen LogP contribution in [0.15, 0.2) is 24.3 Å². The summed E-state index contributed by atoms with van der Waals surface area (Å²) in [4.78, 5) is 39.0. The number of aryl methyl sites for hydroxylation is 1. The molecule has 1 atom stereocenters. The van der Waals surface area contributed by atoms with Crippen molar-refractivity contribution in [2.75, 3.05) is 12.4 Å². The highest BCUT2D eigenvalue weighted by atomic mass is 19.1. The number of hydrogen-bond donors (Lipinski definition) is 2. The molecular formula is C18H19FN2O5. The van der Waals surface area contributed by atoms with E-state index in [1.54, 1.807) is 13.8 Å². The molecule has 1 heterocycles. The molecule has 0 saturated carbocycles. The number of esters is 2. The van der Waals surface area contributed by atoms with Crippen LogP contribution in [0.25, 0.3) is 0 Å². The quantitative estimate of drug-likeness (QED) is 0.797. The lowest BCUT2D eigenvalue weighted by Gasteiger charge is -2.13. The number of halogens is 1. The molecule has 0 bridgehead atoms. The summed E-state index contributed by atoms with van der Waals surface area (Å²) in [6.07, 6.45) is -1.10. The summed E-state index contributed by atoms with van der Waals surface area (Å²) in [5.74, 6) is -2.35. The Hall–Kier alpha value is -3.16. The summed E-state index contributed by atoms with van der Waals surface area (Å²) in [7, 11) is 1.24. The van der Waals surface area contributed by atoms with Crippen molar-refractivity contribution in [3.05, 3.63) is 52.6 Å². The van der Waals surface area contributed by atoms with Gasteiger partial charge in [-0.2, -0.15) is 0 Å². The Balaban J connectivity index is 2.08. The second-order valence-corrected chi connectivity index (χ2v) is 5.66. The van der Waals surface area contributed by atoms with E-state index in [1.165, 1.54) is 38.3 Å². The van der Waals surface area contributed by atoms with Crippen LogP contribution in [0.3, 0.4) is 0 Å². The SMILES string of the molecule is COC(=O)c1c(C)[nH]c(C(=O)O[C@@H](C)C(=O)Nc2ccc(F)cc2)c1C. The monoisotopic (exact) mass is 362 g/mol. The number of anilines is 1. The van der Waals surface area contributed by atoms with Gasteiger partial charge in [0, 0.05) is 11.4 Å². The molecule has 138 valence electrons. The van der Waals surface area contributed by atoms with Crippen molar-refractivity contribution in [1.82, 2.24) is 4.98 Å². The highest BCUT2D eigenvalue weighted by Gasteiger charge is 2.26. The zero-order valence-corrected chi connectivity index (χ0v) is 14.8. The first kappa shape index (κ1) is 19.2. The average Bonchev–Trinajstić information content (AvgIpc) is 2.90. The molecule has 0 unspecified atom stereocenters. The number of carbonyl (C=O) groups excluding carboxylic acids is 3. The molecule has 1 aromatic carbocycles. The number of benzene rings is 1. The standard InChI is InChI=1S/C18H19FN2O5/c1-9-14(17(23)25-4)10(2)20-15(9)18(24)26-11(3)16(22)21-13-7-5-12(19)6-8-13/h5-8,11,20H,1-4H3,(H,21,22)/t11-/m0/s1. The normalized spacial score (nSPS) is 11.6. The van der Waals surface area contributed by atoms with Gasteiger partial charge < -0.3 is 19.8 Å². The Morgan fingerprint density at radius 2 is 1.73 bits per heavy atom. The van der Waals surface area contributed by atoms with Crippen LogP contribution in [0.1, 0.15) is 39.0 Å². The zero-order valence-electron chi connectivity index (χ0n) is 14.8. The van der Waals surface area contributed by atoms with Crippen LogP contribution in [0, 0.1) is 19.7 Å². The van der Waals surface area contributed by atoms with E-state index >= 15 is 0 Å². The highest BCUT2D eigenvalue weighted by molar-refractivity contribution is 6.00. The van der Waals surface area contributed by atoms with Gasteiger partial charge in [-0.25, -0.2) is 14.0 Å². The molecule has 1 aromatic heterocycles. The zero-order chi connectivity index (χ0) is 19.4. The molecule has 0 radical (unpaired) electrons. The molecule has 1 amide bonds. The molecule has 2 N–H and O–H groups in total. The third-order valence-electron chi connectivity index (χ3n) is 3.80. The van der Waals surface area contributed by atoms with Crippen LogP contribution >= 0.6 is 0 Å². The number of aromatic nitrogens is 1. The molecule has 7 nitrogen and oxygen atoms in total. The lowest BCUT2D eigenvalue weighted by Crippen LogP contribution is -2.30. The number of H-pyrrole nitrogens is 1. The van der Waals surface area contributed by atoms with Gasteiger partial charge in [-0.3, -0.25) is 4.79 Å². The van der Waals surface area contributed by atoms with Gasteiger partial charge in [0.1, 0.15) is 11.5 Å². The van der Waals surface area contributed by atoms with Gasteiger partial charge >= 0.3 is 11.9 Å². The van der Waals surface area contributed by atoms with Crippen molar-refractivity contribution < 1.29 is 28.2 Å². The minimum absolute atomic E-state index is 0.0735. The van der Waals surface area contributed by atoms with Gasteiger partial charge in [0.15, 0.2) is 6.10 Å². The number of hydrogen-bond acceptors (Lipinski definition) is 5. The molecule has 0 saturated heterocycles. The van der Waals surface area contributed by atoms with Crippen LogP contribution in [-0.4, -0.2) is 36.0 Å². The Morgan fingerprint density at radius 1 is 1.12 bits per heavy atom. The summed E-state index contributed by atoms with van der Waals surface area (Å²) in [5, 5.41) is 2.52. The fourth-order valence-electron chi connectivity index (χ4n) is 2.41. The molecule has 2 aromatic rings. The summed E-state index contributed by atoms with van der Waals surface area (Å²) < 4.78 is 22.7. The Bertz CT molecular complexity index is 842. The van der Waals surface area contributed by atoms with Gasteiger partial charge in [-0.05, 0) is 50.6 Å². The number of methoxy groups -OCH3 is 1. The number of ether oxygens (including phenoxy) is 2. The fraction of sp³-hybridized carbons (Fsp3) is 0.278. The van der Waals surface area contributed by atoms with Gasteiger partial charge in [0.2, 0.25) is 0 Å². The first-order chi connectivity index (χ1) is 12.2. The maximum Gasteiger partial charge on any atom is 0.355 e. The number of aromatic amines is 1. The molecule has 0 spiro atoms. The number of nitrogens with one attached hydrogen (secondary N) is 2. The van der Waals surface area contributed by atoms with Gasteiger partial charge in [-0.1, -0.05) is 0 Å². The molecule has 0 aliphatic carbocycles. The Kier molecular flexibility index (Phi) is 5.76. The van der Waals surface area contributed by atoms with E-state index in [2.05, 4.69) is 15.0 Å². The summed E-state index contributed by atoms with van der Waals surface area (Å²) in [6, 6.07) is 5.18. The molecular weight excluding hydrogens is 343 g/mol. The van der Waals surface area contributed by atoms with E-state index in [9.17, 15) is 18.8 Å². The Morgan fingerprint density at radius 3 is 2.31 bits per heavy atom. The smallest absolute Gasteiger partial charge is 0.355 e. The maximum absolute atomic E-state index is 12.9. The van der Waals surface area contributed by atoms with Gasteiger partial charge in [0.05, 0.1) is 12.7 Å². The van der Waals surface area contributed by atoms with Crippen molar-refractivity contribution in [3.63, 3.8) is 0 Å². The minimum atomic E-state index is -1.10. The second-order valence-electron chi connectivity index (χ2n) is 5.66. The molecule has 0 fully saturated rings. The van der Waals surface area contributed by atoms with E-state index < -0.39 is 29.8 Å². The minimum Gasteiger partial charge on any atom is -0.465 e. The molecule has 8 heteroatoms. The van der Waals surface area contributed by atoms with Gasteiger partial charge in [-0.15, -0.1) is 0 Å². The van der Waals surface area contributed by atoms with E-state index in [1.807, 2.05) is 0 Å². The lowest BCUT2D eigenvalue weighted by molar-refractivity contribution is -0.123. The average molecular weight is 362 g/mol. The topological polar surface area (TPSA) is 97.5 Å². The van der Waals surface area contributed by atoms with Crippen LogP contribution in [0.4, 0.5) is 10.1 Å². The van der Waals surface area contributed by atoms with Gasteiger partial charge in [0.25, 0.3) is 5.91 Å². The van der Waals surface area contributed by atoms with Crippen LogP contribution < -0.4 is 5.32 Å². The first-order valence-corrected chi connectivity index (χ1v) is 7.79. The molecule has 0 aliphatic rings. The molecule has 2 rings (SSSR count). The predicted octanol–water partition coefficient (Wildman–Crippen LogP) is 2.74. The van der Waals surface area contributed by atoms with E-state index in [0.29, 0.717) is 16.9 Å². The lowest BCUT2D eigenvalue weighted by atomic mass is 10.1. The largest absolute Gasteiger partial charge is 0.465 e. The highest BCUT2D eigenvalue weighted by Crippen LogP contribution is 2.20. The number of rotatable bonds is 5. The van der Waals surface area contributed by atoms with Crippen molar-refractivity contribution in [3.8, 4) is 0 Å². The maximum atomic E-state index is 12.9. The third-order valence-corrected chi connectivity index (χ3v) is 3.80. The molecule has 0 aliphatic heterocycles. The Labute approximate surface area is 149 Å². The molecule has 26 heavy (non-hydrogen) atoms. The summed E-state index contributed by atoms with van der Waals surface area (Å²) in [5.41, 5.74) is 1.54. The third kappa shape index (κ3) is 4.08. The number of amides is 1. The van der Waals surface area contributed by atoms with Crippen LogP contribution in [-0.2, 0) is 14.3 Å². The van der Waals surface area contributed by atoms with Crippen molar-refractivity contribution in [2.24, 2.45) is 0 Å². The first-order valence-electron chi connectivity index (χ1n) is 7.79. The predicted molar refractivity (Wildman–Crippen MR) is 91.5 cm³/mol. The van der Waals surface area contributed by atoms with E-state index in [0.717, 1.165) is 0 Å². The van der Waals surface area contributed by atoms with E-state index in [4.69, 9.17) is 4.74 Å². The van der Waals surface area contributed by atoms with Crippen molar-refractivity contribution in [1.29, 1.82) is 0 Å². The number of carbonyl (C=O) groups is 3. The summed E-state index contributed by atoms with van der Waals surface area (Å²) >= 11 is 0. The van der Waals surface area contributed by atoms with E-state index in [-0.39, 0.29) is 11.3 Å².